The first-order valence-corrected chi connectivity index (χ1v) is 7.19. The molecular weight excluding hydrogens is 282 g/mol. The first-order chi connectivity index (χ1) is 10.5. The number of carbonyl (C=O) groups is 2. The number of aromatic carboxylic acids is 1. The number of aryl methyl sites for hydroxylation is 1. The highest BCUT2D eigenvalue weighted by Gasteiger charge is 2.51. The lowest BCUT2D eigenvalue weighted by Gasteiger charge is -2.15. The monoisotopic (exact) mass is 299 g/mol. The van der Waals surface area contributed by atoms with Crippen LogP contribution in [0.3, 0.4) is 0 Å². The molecule has 0 unspecified atom stereocenters. The number of carboxylic acid groups (broad SMARTS) is 1. The van der Waals surface area contributed by atoms with Crippen molar-refractivity contribution in [1.29, 1.82) is 0 Å². The molecule has 1 aromatic heterocycles. The third-order valence-electron chi connectivity index (χ3n) is 4.05. The van der Waals surface area contributed by atoms with E-state index in [-0.39, 0.29) is 18.2 Å². The van der Waals surface area contributed by atoms with E-state index in [9.17, 15) is 9.59 Å². The van der Waals surface area contributed by atoms with Crippen LogP contribution in [0.1, 0.15) is 40.3 Å². The predicted octanol–water partition coefficient (Wildman–Crippen LogP) is 2.63. The smallest absolute Gasteiger partial charge is 0.371 e. The van der Waals surface area contributed by atoms with E-state index in [2.05, 4.69) is 5.32 Å². The molecule has 0 radical (unpaired) electrons. The molecule has 2 aromatic rings. The Morgan fingerprint density at radius 1 is 1.27 bits per heavy atom. The molecule has 0 saturated heterocycles. The molecule has 1 fully saturated rings. The van der Waals surface area contributed by atoms with Crippen LogP contribution < -0.4 is 5.32 Å². The van der Waals surface area contributed by atoms with Crippen molar-refractivity contribution in [3.63, 3.8) is 0 Å². The van der Waals surface area contributed by atoms with Crippen molar-refractivity contribution in [3.05, 3.63) is 59.0 Å². The topological polar surface area (TPSA) is 79.5 Å². The molecule has 0 aliphatic heterocycles. The van der Waals surface area contributed by atoms with Gasteiger partial charge in [-0.1, -0.05) is 29.8 Å². The summed E-state index contributed by atoms with van der Waals surface area (Å²) in [5.74, 6) is -0.836. The molecule has 0 spiro atoms. The number of nitrogens with one attached hydrogen (secondary N) is 1. The highest BCUT2D eigenvalue weighted by molar-refractivity contribution is 5.91. The average molecular weight is 299 g/mol. The van der Waals surface area contributed by atoms with E-state index in [0.717, 1.165) is 24.0 Å². The lowest BCUT2D eigenvalue weighted by atomic mass is 9.93. The van der Waals surface area contributed by atoms with Gasteiger partial charge in [0, 0.05) is 0 Å². The number of hydrogen-bond acceptors (Lipinski definition) is 3. The van der Waals surface area contributed by atoms with Gasteiger partial charge in [-0.05, 0) is 37.5 Å². The third kappa shape index (κ3) is 2.62. The van der Waals surface area contributed by atoms with Crippen molar-refractivity contribution in [2.24, 2.45) is 0 Å². The third-order valence-corrected chi connectivity index (χ3v) is 4.05. The van der Waals surface area contributed by atoms with Crippen LogP contribution in [0.15, 0.2) is 40.8 Å². The molecule has 5 nitrogen and oxygen atoms in total. The summed E-state index contributed by atoms with van der Waals surface area (Å²) in [5.41, 5.74) is 1.73. The molecule has 1 aliphatic rings. The Hall–Kier alpha value is -2.56. The molecular formula is C17H17NO4. The van der Waals surface area contributed by atoms with Crippen LogP contribution in [0.4, 0.5) is 0 Å². The van der Waals surface area contributed by atoms with Gasteiger partial charge in [0.1, 0.15) is 5.76 Å². The van der Waals surface area contributed by atoms with Gasteiger partial charge in [-0.2, -0.15) is 0 Å². The highest BCUT2D eigenvalue weighted by atomic mass is 16.4. The maximum absolute atomic E-state index is 12.5. The van der Waals surface area contributed by atoms with E-state index in [4.69, 9.17) is 9.52 Å². The zero-order chi connectivity index (χ0) is 15.7. The van der Waals surface area contributed by atoms with Gasteiger partial charge in [0.25, 0.3) is 0 Å². The Kier molecular flexibility index (Phi) is 3.48. The Labute approximate surface area is 127 Å². The van der Waals surface area contributed by atoms with Crippen molar-refractivity contribution in [1.82, 2.24) is 5.32 Å². The van der Waals surface area contributed by atoms with Crippen LogP contribution in [0.2, 0.25) is 0 Å². The molecule has 0 atom stereocenters. The minimum Gasteiger partial charge on any atom is -0.475 e. The number of furan rings is 1. The largest absolute Gasteiger partial charge is 0.475 e. The number of amides is 1. The number of hydrogen-bond donors (Lipinski definition) is 2. The summed E-state index contributed by atoms with van der Waals surface area (Å²) in [6.07, 6.45) is 1.67. The first kappa shape index (κ1) is 14.4. The molecule has 1 aromatic carbocycles. The molecule has 5 heteroatoms. The summed E-state index contributed by atoms with van der Waals surface area (Å²) in [6, 6.07) is 10.9. The van der Waals surface area contributed by atoms with Gasteiger partial charge in [0.15, 0.2) is 0 Å². The zero-order valence-corrected chi connectivity index (χ0v) is 12.3. The normalized spacial score (nSPS) is 15.3. The molecule has 2 N–H and O–H groups in total. The SMILES string of the molecule is Cc1cccc(C2(C(=O)NCc3ccc(C(=O)O)o3)CC2)c1. The fourth-order valence-electron chi connectivity index (χ4n) is 2.64. The maximum atomic E-state index is 12.5. The van der Waals surface area contributed by atoms with E-state index in [0.29, 0.717) is 5.76 Å². The van der Waals surface area contributed by atoms with Gasteiger partial charge >= 0.3 is 5.97 Å². The number of carbonyl (C=O) groups excluding carboxylic acids is 1. The lowest BCUT2D eigenvalue weighted by molar-refractivity contribution is -0.123. The molecule has 114 valence electrons. The van der Waals surface area contributed by atoms with Gasteiger partial charge in [-0.25, -0.2) is 4.79 Å². The summed E-state index contributed by atoms with van der Waals surface area (Å²) in [5, 5.41) is 11.7. The second-order valence-electron chi connectivity index (χ2n) is 5.71. The van der Waals surface area contributed by atoms with Crippen LogP contribution >= 0.6 is 0 Å². The molecule has 22 heavy (non-hydrogen) atoms. The number of benzene rings is 1. The highest BCUT2D eigenvalue weighted by Crippen LogP contribution is 2.48. The van der Waals surface area contributed by atoms with Gasteiger partial charge < -0.3 is 14.8 Å². The summed E-state index contributed by atoms with van der Waals surface area (Å²) in [7, 11) is 0. The fourth-order valence-corrected chi connectivity index (χ4v) is 2.64. The minimum absolute atomic E-state index is 0.0358. The summed E-state index contributed by atoms with van der Waals surface area (Å²) in [6.45, 7) is 2.20. The standard InChI is InChI=1S/C17H17NO4/c1-11-3-2-4-12(9-11)17(7-8-17)16(21)18-10-13-5-6-14(22-13)15(19)20/h2-6,9H,7-8,10H2,1H3,(H,18,21)(H,19,20). The van der Waals surface area contributed by atoms with Crippen LogP contribution in [0.25, 0.3) is 0 Å². The first-order valence-electron chi connectivity index (χ1n) is 7.19. The quantitative estimate of drug-likeness (QED) is 0.889. The second-order valence-corrected chi connectivity index (χ2v) is 5.71. The van der Waals surface area contributed by atoms with Crippen molar-refractivity contribution in [3.8, 4) is 0 Å². The van der Waals surface area contributed by atoms with E-state index in [1.807, 2.05) is 31.2 Å². The Morgan fingerprint density at radius 3 is 2.64 bits per heavy atom. The van der Waals surface area contributed by atoms with E-state index < -0.39 is 11.4 Å². The lowest BCUT2D eigenvalue weighted by Crippen LogP contribution is -2.34. The Morgan fingerprint density at radius 2 is 2.05 bits per heavy atom. The van der Waals surface area contributed by atoms with Gasteiger partial charge in [-0.3, -0.25) is 4.79 Å². The van der Waals surface area contributed by atoms with Crippen LogP contribution in [-0.4, -0.2) is 17.0 Å². The van der Waals surface area contributed by atoms with Crippen molar-refractivity contribution < 1.29 is 19.1 Å². The van der Waals surface area contributed by atoms with Gasteiger partial charge in [-0.15, -0.1) is 0 Å². The second kappa shape index (κ2) is 5.33. The molecule has 0 bridgehead atoms. The van der Waals surface area contributed by atoms with E-state index in [1.54, 1.807) is 6.07 Å². The number of rotatable bonds is 5. The Bertz CT molecular complexity index is 728. The average Bonchev–Trinajstić information content (AvgIpc) is 3.16. The molecule has 1 amide bonds. The van der Waals surface area contributed by atoms with Crippen molar-refractivity contribution in [2.75, 3.05) is 0 Å². The van der Waals surface area contributed by atoms with E-state index >= 15 is 0 Å². The molecule has 1 saturated carbocycles. The summed E-state index contributed by atoms with van der Waals surface area (Å²) < 4.78 is 5.14. The van der Waals surface area contributed by atoms with Gasteiger partial charge in [0.2, 0.25) is 11.7 Å². The zero-order valence-electron chi connectivity index (χ0n) is 12.3. The summed E-state index contributed by atoms with van der Waals surface area (Å²) in [4.78, 5) is 23.2. The van der Waals surface area contributed by atoms with Gasteiger partial charge in [0.05, 0.1) is 12.0 Å². The molecule has 3 rings (SSSR count). The fraction of sp³-hybridized carbons (Fsp3) is 0.294. The van der Waals surface area contributed by atoms with Crippen LogP contribution in [0, 0.1) is 6.92 Å². The summed E-state index contributed by atoms with van der Waals surface area (Å²) >= 11 is 0. The van der Waals surface area contributed by atoms with Crippen LogP contribution in [-0.2, 0) is 16.8 Å². The minimum atomic E-state index is -1.11. The molecule has 1 heterocycles. The van der Waals surface area contributed by atoms with Crippen LogP contribution in [0.5, 0.6) is 0 Å². The van der Waals surface area contributed by atoms with Crippen molar-refractivity contribution >= 4 is 11.9 Å². The Balaban J connectivity index is 1.68. The predicted molar refractivity (Wildman–Crippen MR) is 79.6 cm³/mol. The maximum Gasteiger partial charge on any atom is 0.371 e. The van der Waals surface area contributed by atoms with Crippen molar-refractivity contribution in [2.45, 2.75) is 31.7 Å². The number of carboxylic acids is 1. The van der Waals surface area contributed by atoms with E-state index in [1.165, 1.54) is 6.07 Å². The molecule has 1 aliphatic carbocycles.